The Bertz CT molecular complexity index is 420. The molecule has 0 heterocycles. The SMILES string of the molecule is NC1CCC(Nc2ccc(OC(F)F)c(F)c2)CC1. The molecule has 106 valence electrons. The van der Waals surface area contributed by atoms with Gasteiger partial charge >= 0.3 is 6.61 Å². The summed E-state index contributed by atoms with van der Waals surface area (Å²) in [5, 5.41) is 3.18. The normalized spacial score (nSPS) is 23.4. The smallest absolute Gasteiger partial charge is 0.387 e. The van der Waals surface area contributed by atoms with Crippen molar-refractivity contribution in [2.45, 2.75) is 44.4 Å². The summed E-state index contributed by atoms with van der Waals surface area (Å²) in [4.78, 5) is 0. The topological polar surface area (TPSA) is 47.3 Å². The molecule has 0 radical (unpaired) electrons. The molecule has 1 aromatic rings. The summed E-state index contributed by atoms with van der Waals surface area (Å²) in [5.41, 5.74) is 6.37. The number of nitrogens with two attached hydrogens (primary N) is 1. The summed E-state index contributed by atoms with van der Waals surface area (Å²) < 4.78 is 41.5. The molecular weight excluding hydrogens is 257 g/mol. The highest BCUT2D eigenvalue weighted by atomic mass is 19.3. The van der Waals surface area contributed by atoms with E-state index in [1.165, 1.54) is 18.2 Å². The molecule has 0 aromatic heterocycles. The van der Waals surface area contributed by atoms with Crippen LogP contribution in [0.4, 0.5) is 18.9 Å². The van der Waals surface area contributed by atoms with Crippen molar-refractivity contribution in [2.75, 3.05) is 5.32 Å². The highest BCUT2D eigenvalue weighted by molar-refractivity contribution is 5.48. The molecule has 19 heavy (non-hydrogen) atoms. The van der Waals surface area contributed by atoms with E-state index in [0.717, 1.165) is 25.7 Å². The Morgan fingerprint density at radius 2 is 1.89 bits per heavy atom. The number of ether oxygens (including phenoxy) is 1. The first-order valence-corrected chi connectivity index (χ1v) is 6.31. The minimum Gasteiger partial charge on any atom is -0.432 e. The van der Waals surface area contributed by atoms with E-state index in [1.807, 2.05) is 0 Å². The van der Waals surface area contributed by atoms with Crippen LogP contribution in [0.2, 0.25) is 0 Å². The zero-order chi connectivity index (χ0) is 13.8. The van der Waals surface area contributed by atoms with Crippen LogP contribution in [0, 0.1) is 5.82 Å². The van der Waals surface area contributed by atoms with Crippen molar-refractivity contribution in [1.29, 1.82) is 0 Å². The Morgan fingerprint density at radius 3 is 2.47 bits per heavy atom. The number of halogens is 3. The summed E-state index contributed by atoms with van der Waals surface area (Å²) in [6.07, 6.45) is 3.73. The number of benzene rings is 1. The van der Waals surface area contributed by atoms with E-state index in [0.29, 0.717) is 5.69 Å². The second kappa shape index (κ2) is 6.14. The van der Waals surface area contributed by atoms with Crippen molar-refractivity contribution in [1.82, 2.24) is 0 Å². The van der Waals surface area contributed by atoms with Gasteiger partial charge in [0.25, 0.3) is 0 Å². The highest BCUT2D eigenvalue weighted by Crippen LogP contribution is 2.25. The lowest BCUT2D eigenvalue weighted by atomic mass is 9.91. The maximum atomic E-state index is 13.5. The maximum Gasteiger partial charge on any atom is 0.387 e. The van der Waals surface area contributed by atoms with Gasteiger partial charge in [-0.3, -0.25) is 0 Å². The molecule has 0 unspecified atom stereocenters. The zero-order valence-corrected chi connectivity index (χ0v) is 10.4. The Hall–Kier alpha value is -1.43. The number of hydrogen-bond acceptors (Lipinski definition) is 3. The van der Waals surface area contributed by atoms with Gasteiger partial charge in [-0.2, -0.15) is 8.78 Å². The molecule has 3 N–H and O–H groups in total. The fourth-order valence-electron chi connectivity index (χ4n) is 2.28. The van der Waals surface area contributed by atoms with Crippen LogP contribution < -0.4 is 15.8 Å². The first kappa shape index (κ1) is 14.0. The summed E-state index contributed by atoms with van der Waals surface area (Å²) >= 11 is 0. The molecule has 0 bridgehead atoms. The monoisotopic (exact) mass is 274 g/mol. The van der Waals surface area contributed by atoms with Crippen LogP contribution in [-0.4, -0.2) is 18.7 Å². The van der Waals surface area contributed by atoms with Crippen LogP contribution in [0.25, 0.3) is 0 Å². The third kappa shape index (κ3) is 4.02. The number of hydrogen-bond donors (Lipinski definition) is 2. The quantitative estimate of drug-likeness (QED) is 0.887. The van der Waals surface area contributed by atoms with Gasteiger partial charge in [0.05, 0.1) is 0 Å². The first-order valence-electron chi connectivity index (χ1n) is 6.31. The average Bonchev–Trinajstić information content (AvgIpc) is 2.35. The van der Waals surface area contributed by atoms with Gasteiger partial charge in [-0.1, -0.05) is 0 Å². The summed E-state index contributed by atoms with van der Waals surface area (Å²) in [6, 6.07) is 4.41. The average molecular weight is 274 g/mol. The van der Waals surface area contributed by atoms with Gasteiger partial charge in [-0.05, 0) is 37.8 Å². The number of alkyl halides is 2. The predicted octanol–water partition coefficient (Wildman–Crippen LogP) is 3.11. The van der Waals surface area contributed by atoms with E-state index in [1.54, 1.807) is 0 Å². The molecule has 0 amide bonds. The third-order valence-corrected chi connectivity index (χ3v) is 3.29. The van der Waals surface area contributed by atoms with Crippen molar-refractivity contribution in [3.8, 4) is 5.75 Å². The minimum atomic E-state index is -3.02. The van der Waals surface area contributed by atoms with Gasteiger partial charge in [-0.25, -0.2) is 4.39 Å². The molecule has 3 nitrogen and oxygen atoms in total. The molecule has 2 rings (SSSR count). The Morgan fingerprint density at radius 1 is 1.21 bits per heavy atom. The fraction of sp³-hybridized carbons (Fsp3) is 0.538. The second-order valence-electron chi connectivity index (χ2n) is 4.78. The van der Waals surface area contributed by atoms with Crippen LogP contribution in [0.3, 0.4) is 0 Å². The molecule has 0 atom stereocenters. The van der Waals surface area contributed by atoms with E-state index >= 15 is 0 Å². The van der Waals surface area contributed by atoms with Crippen LogP contribution in [0.5, 0.6) is 5.75 Å². The van der Waals surface area contributed by atoms with Crippen molar-refractivity contribution in [3.63, 3.8) is 0 Å². The molecule has 1 aliphatic carbocycles. The number of rotatable bonds is 4. The third-order valence-electron chi connectivity index (χ3n) is 3.29. The van der Waals surface area contributed by atoms with Gasteiger partial charge in [0, 0.05) is 23.8 Å². The standard InChI is InChI=1S/C13H17F3N2O/c14-11-7-10(5-6-12(11)19-13(15)16)18-9-3-1-8(17)2-4-9/h5-9,13,18H,1-4,17H2. The van der Waals surface area contributed by atoms with Crippen molar-refractivity contribution in [3.05, 3.63) is 24.0 Å². The van der Waals surface area contributed by atoms with Crippen molar-refractivity contribution < 1.29 is 17.9 Å². The van der Waals surface area contributed by atoms with Crippen LogP contribution >= 0.6 is 0 Å². The molecule has 0 aliphatic heterocycles. The van der Waals surface area contributed by atoms with Gasteiger partial charge < -0.3 is 15.8 Å². The van der Waals surface area contributed by atoms with Crippen LogP contribution in [-0.2, 0) is 0 Å². The van der Waals surface area contributed by atoms with E-state index in [-0.39, 0.29) is 12.1 Å². The van der Waals surface area contributed by atoms with Gasteiger partial charge in [0.2, 0.25) is 0 Å². The fourth-order valence-corrected chi connectivity index (χ4v) is 2.28. The zero-order valence-electron chi connectivity index (χ0n) is 10.4. The molecule has 1 saturated carbocycles. The summed E-state index contributed by atoms with van der Waals surface area (Å²) in [7, 11) is 0. The van der Waals surface area contributed by atoms with E-state index in [4.69, 9.17) is 5.73 Å². The molecule has 1 aromatic carbocycles. The molecule has 1 fully saturated rings. The molecule has 0 saturated heterocycles. The van der Waals surface area contributed by atoms with Crippen molar-refractivity contribution in [2.24, 2.45) is 5.73 Å². The Kier molecular flexibility index (Phi) is 4.52. The lowest BCUT2D eigenvalue weighted by Gasteiger charge is -2.27. The highest BCUT2D eigenvalue weighted by Gasteiger charge is 2.18. The maximum absolute atomic E-state index is 13.5. The summed E-state index contributed by atoms with van der Waals surface area (Å²) in [5.74, 6) is -1.23. The summed E-state index contributed by atoms with van der Waals surface area (Å²) in [6.45, 7) is -3.02. The second-order valence-corrected chi connectivity index (χ2v) is 4.78. The lowest BCUT2D eigenvalue weighted by Crippen LogP contribution is -2.32. The Labute approximate surface area is 109 Å². The van der Waals surface area contributed by atoms with E-state index in [9.17, 15) is 13.2 Å². The van der Waals surface area contributed by atoms with E-state index < -0.39 is 18.2 Å². The van der Waals surface area contributed by atoms with Crippen molar-refractivity contribution >= 4 is 5.69 Å². The molecule has 6 heteroatoms. The van der Waals surface area contributed by atoms with Crippen LogP contribution in [0.1, 0.15) is 25.7 Å². The predicted molar refractivity (Wildman–Crippen MR) is 66.9 cm³/mol. The first-order chi connectivity index (χ1) is 9.04. The van der Waals surface area contributed by atoms with Gasteiger partial charge in [0.1, 0.15) is 0 Å². The number of anilines is 1. The lowest BCUT2D eigenvalue weighted by molar-refractivity contribution is -0.0521. The molecule has 1 aliphatic rings. The van der Waals surface area contributed by atoms with E-state index in [2.05, 4.69) is 10.1 Å². The minimum absolute atomic E-state index is 0.247. The van der Waals surface area contributed by atoms with Gasteiger partial charge in [-0.15, -0.1) is 0 Å². The van der Waals surface area contributed by atoms with Crippen LogP contribution in [0.15, 0.2) is 18.2 Å². The molecule has 0 spiro atoms. The molecular formula is C13H17F3N2O. The van der Waals surface area contributed by atoms with Gasteiger partial charge in [0.15, 0.2) is 11.6 Å². The Balaban J connectivity index is 1.96. The largest absolute Gasteiger partial charge is 0.432 e. The number of nitrogens with one attached hydrogen (secondary N) is 1.